The van der Waals surface area contributed by atoms with E-state index in [1.54, 1.807) is 6.08 Å². The normalized spacial score (nSPS) is 12.5. The summed E-state index contributed by atoms with van der Waals surface area (Å²) in [6.45, 7) is 4.96. The second kappa shape index (κ2) is 71.1. The molecule has 1 amide bonds. The highest BCUT2D eigenvalue weighted by Gasteiger charge is 2.18. The summed E-state index contributed by atoms with van der Waals surface area (Å²) in [6.07, 6.45) is 88.8. The van der Waals surface area contributed by atoms with E-state index in [-0.39, 0.29) is 18.5 Å². The number of nitrogens with one attached hydrogen (secondary N) is 1. The van der Waals surface area contributed by atoms with Gasteiger partial charge in [-0.3, -0.25) is 9.59 Å². The van der Waals surface area contributed by atoms with E-state index in [9.17, 15) is 19.8 Å². The molecule has 0 aliphatic carbocycles. The highest BCUT2D eigenvalue weighted by molar-refractivity contribution is 5.76. The molecule has 0 bridgehead atoms. The predicted molar refractivity (Wildman–Crippen MR) is 357 cm³/mol. The average molecular weight is 1140 g/mol. The Bertz CT molecular complexity index is 1220. The topological polar surface area (TPSA) is 95.9 Å². The van der Waals surface area contributed by atoms with Crippen LogP contribution in [0.5, 0.6) is 0 Å². The molecule has 0 spiro atoms. The molecule has 3 N–H and O–H groups in total. The molecule has 2 unspecified atom stereocenters. The summed E-state index contributed by atoms with van der Waals surface area (Å²) in [6, 6.07) is -0.626. The second-order valence-electron chi connectivity index (χ2n) is 26.0. The summed E-state index contributed by atoms with van der Waals surface area (Å²) in [7, 11) is 0. The number of unbranched alkanes of at least 4 members (excludes halogenated alkanes) is 60. The van der Waals surface area contributed by atoms with Gasteiger partial charge in [-0.1, -0.05) is 398 Å². The Kier molecular flexibility index (Phi) is 69.9. The molecule has 0 aromatic heterocycles. The zero-order valence-corrected chi connectivity index (χ0v) is 55.3. The Morgan fingerprint density at radius 1 is 0.333 bits per heavy atom. The first-order valence-corrected chi connectivity index (χ1v) is 37.5. The first-order chi connectivity index (χ1) is 40.0. The van der Waals surface area contributed by atoms with Crippen LogP contribution in [0.25, 0.3) is 0 Å². The van der Waals surface area contributed by atoms with Crippen molar-refractivity contribution in [2.45, 2.75) is 443 Å². The van der Waals surface area contributed by atoms with Crippen molar-refractivity contribution in [3.05, 3.63) is 12.2 Å². The third-order valence-electron chi connectivity index (χ3n) is 17.8. The molecule has 2 atom stereocenters. The molecular formula is C75H147NO5. The van der Waals surface area contributed by atoms with Crippen LogP contribution < -0.4 is 5.32 Å². The van der Waals surface area contributed by atoms with E-state index in [4.69, 9.17) is 4.74 Å². The summed E-state index contributed by atoms with van der Waals surface area (Å²) in [5.74, 6) is -0.0374. The summed E-state index contributed by atoms with van der Waals surface area (Å²) in [4.78, 5) is 24.6. The van der Waals surface area contributed by atoms with Crippen molar-refractivity contribution in [1.29, 1.82) is 0 Å². The van der Waals surface area contributed by atoms with Crippen LogP contribution >= 0.6 is 0 Å². The van der Waals surface area contributed by atoms with Crippen LogP contribution in [0.4, 0.5) is 0 Å². The third-order valence-corrected chi connectivity index (χ3v) is 17.8. The van der Waals surface area contributed by atoms with Crippen LogP contribution in [0.15, 0.2) is 12.2 Å². The number of aliphatic hydroxyl groups is 2. The molecule has 0 aromatic rings. The van der Waals surface area contributed by atoms with Crippen LogP contribution in [-0.4, -0.2) is 47.4 Å². The van der Waals surface area contributed by atoms with Gasteiger partial charge in [-0.05, 0) is 32.1 Å². The van der Waals surface area contributed by atoms with Crippen molar-refractivity contribution < 1.29 is 24.5 Å². The Hall–Kier alpha value is -1.40. The van der Waals surface area contributed by atoms with Crippen LogP contribution in [0, 0.1) is 0 Å². The fourth-order valence-corrected chi connectivity index (χ4v) is 12.1. The highest BCUT2D eigenvalue weighted by Crippen LogP contribution is 2.20. The number of ether oxygens (including phenoxy) is 1. The van der Waals surface area contributed by atoms with Crippen LogP contribution in [0.2, 0.25) is 0 Å². The van der Waals surface area contributed by atoms with Gasteiger partial charge in [0.25, 0.3) is 0 Å². The molecule has 6 nitrogen and oxygen atoms in total. The lowest BCUT2D eigenvalue weighted by atomic mass is 10.0. The van der Waals surface area contributed by atoms with Gasteiger partial charge < -0.3 is 20.3 Å². The van der Waals surface area contributed by atoms with E-state index < -0.39 is 12.1 Å². The Morgan fingerprint density at radius 3 is 0.840 bits per heavy atom. The number of allylic oxidation sites excluding steroid dienone is 1. The summed E-state index contributed by atoms with van der Waals surface area (Å²) in [5, 5.41) is 23.2. The zero-order chi connectivity index (χ0) is 58.5. The fraction of sp³-hybridized carbons (Fsp3) is 0.947. The van der Waals surface area contributed by atoms with Gasteiger partial charge in [-0.2, -0.15) is 0 Å². The maximum Gasteiger partial charge on any atom is 0.305 e. The lowest BCUT2D eigenvalue weighted by Crippen LogP contribution is -2.45. The largest absolute Gasteiger partial charge is 0.466 e. The van der Waals surface area contributed by atoms with Crippen molar-refractivity contribution >= 4 is 11.9 Å². The van der Waals surface area contributed by atoms with Gasteiger partial charge in [0.1, 0.15) is 0 Å². The van der Waals surface area contributed by atoms with Gasteiger partial charge in [-0.25, -0.2) is 0 Å². The van der Waals surface area contributed by atoms with E-state index >= 15 is 0 Å². The lowest BCUT2D eigenvalue weighted by molar-refractivity contribution is -0.143. The third kappa shape index (κ3) is 67.6. The van der Waals surface area contributed by atoms with E-state index in [0.717, 1.165) is 38.5 Å². The van der Waals surface area contributed by atoms with Crippen molar-refractivity contribution in [2.75, 3.05) is 13.2 Å². The maximum absolute atomic E-state index is 12.5. The molecule has 0 aliphatic rings. The molecule has 0 fully saturated rings. The zero-order valence-electron chi connectivity index (χ0n) is 55.3. The molecule has 6 heteroatoms. The molecule has 482 valence electrons. The minimum atomic E-state index is -0.843. The molecule has 0 saturated heterocycles. The predicted octanol–water partition coefficient (Wildman–Crippen LogP) is 24.3. The Morgan fingerprint density at radius 2 is 0.568 bits per heavy atom. The van der Waals surface area contributed by atoms with Crippen LogP contribution in [0.1, 0.15) is 431 Å². The summed E-state index contributed by atoms with van der Waals surface area (Å²) < 4.78 is 5.52. The van der Waals surface area contributed by atoms with E-state index in [2.05, 4.69) is 19.2 Å². The summed E-state index contributed by atoms with van der Waals surface area (Å²) >= 11 is 0. The molecule has 0 radical (unpaired) electrons. The number of aliphatic hydroxyl groups excluding tert-OH is 2. The van der Waals surface area contributed by atoms with Gasteiger partial charge in [0.05, 0.1) is 25.4 Å². The highest BCUT2D eigenvalue weighted by atomic mass is 16.5. The average Bonchev–Trinajstić information content (AvgIpc) is 3.47. The van der Waals surface area contributed by atoms with Gasteiger partial charge >= 0.3 is 5.97 Å². The quantitative estimate of drug-likeness (QED) is 0.0320. The molecule has 81 heavy (non-hydrogen) atoms. The summed E-state index contributed by atoms with van der Waals surface area (Å²) in [5.41, 5.74) is 0. The number of carbonyl (C=O) groups excluding carboxylic acids is 2. The molecule has 0 aliphatic heterocycles. The van der Waals surface area contributed by atoms with Crippen molar-refractivity contribution in [3.8, 4) is 0 Å². The van der Waals surface area contributed by atoms with Gasteiger partial charge in [-0.15, -0.1) is 0 Å². The van der Waals surface area contributed by atoms with Crippen molar-refractivity contribution in [2.24, 2.45) is 0 Å². The molecule has 0 aromatic carbocycles. The standard InChI is InChI=1S/C75H147NO5/c1-3-5-7-9-11-13-15-17-19-21-32-35-39-43-47-51-55-59-63-67-73(78)72(71-77)76-74(79)68-64-60-56-52-48-44-40-36-33-30-28-26-24-23-25-27-29-31-34-38-42-46-50-54-58-62-66-70-81-75(80)69-65-61-57-53-49-45-41-37-22-20-18-16-14-12-10-8-6-4-2/h63,67,72-73,77-78H,3-62,64-66,68-71H2,1-2H3,(H,76,79)/b67-63+. The molecular weight excluding hydrogens is 995 g/mol. The number of carbonyl (C=O) groups is 2. The number of hydrogen-bond donors (Lipinski definition) is 3. The lowest BCUT2D eigenvalue weighted by Gasteiger charge is -2.20. The first kappa shape index (κ1) is 79.6. The Balaban J connectivity index is 3.35. The van der Waals surface area contributed by atoms with Gasteiger partial charge in [0.15, 0.2) is 0 Å². The smallest absolute Gasteiger partial charge is 0.305 e. The Labute approximate surface area is 508 Å². The number of amides is 1. The van der Waals surface area contributed by atoms with Crippen molar-refractivity contribution in [3.63, 3.8) is 0 Å². The van der Waals surface area contributed by atoms with E-state index in [1.165, 1.54) is 366 Å². The monoisotopic (exact) mass is 1140 g/mol. The number of rotatable bonds is 71. The van der Waals surface area contributed by atoms with E-state index in [1.807, 2.05) is 6.08 Å². The first-order valence-electron chi connectivity index (χ1n) is 37.5. The van der Waals surface area contributed by atoms with Gasteiger partial charge in [0, 0.05) is 12.8 Å². The minimum absolute atomic E-state index is 0.0233. The second-order valence-corrected chi connectivity index (χ2v) is 26.0. The number of hydrogen-bond acceptors (Lipinski definition) is 5. The van der Waals surface area contributed by atoms with E-state index in [0.29, 0.717) is 19.4 Å². The van der Waals surface area contributed by atoms with Crippen molar-refractivity contribution in [1.82, 2.24) is 5.32 Å². The fourth-order valence-electron chi connectivity index (χ4n) is 12.1. The molecule has 0 saturated carbocycles. The maximum atomic E-state index is 12.5. The molecule has 0 rings (SSSR count). The van der Waals surface area contributed by atoms with Crippen LogP contribution in [-0.2, 0) is 14.3 Å². The SMILES string of the molecule is CCCCCCCCCCCCCCCCCCC/C=C/C(O)C(CO)NC(=O)CCCCCCCCCCCCCCCCCCCCCCCCCCCCCOC(=O)CCCCCCCCCCCCCCCCCCCC. The number of esters is 1. The minimum Gasteiger partial charge on any atom is -0.466 e. The van der Waals surface area contributed by atoms with Crippen LogP contribution in [0.3, 0.4) is 0 Å². The van der Waals surface area contributed by atoms with Gasteiger partial charge in [0.2, 0.25) is 5.91 Å². The molecule has 0 heterocycles.